The fourth-order valence-electron chi connectivity index (χ4n) is 1.96. The molecule has 0 bridgehead atoms. The largest absolute Gasteiger partial charge is 0.161 e. The van der Waals surface area contributed by atoms with Gasteiger partial charge in [0.15, 0.2) is 5.01 Å². The van der Waals surface area contributed by atoms with E-state index in [2.05, 4.69) is 26.7 Å². The summed E-state index contributed by atoms with van der Waals surface area (Å²) in [6.07, 6.45) is 1.94. The lowest BCUT2D eigenvalue weighted by molar-refractivity contribution is 0.870. The highest BCUT2D eigenvalue weighted by molar-refractivity contribution is 7.19. The van der Waals surface area contributed by atoms with Gasteiger partial charge in [0, 0.05) is 0 Å². The van der Waals surface area contributed by atoms with Gasteiger partial charge in [-0.3, -0.25) is 0 Å². The van der Waals surface area contributed by atoms with Gasteiger partial charge in [0.2, 0.25) is 0 Å². The third-order valence-corrected chi connectivity index (χ3v) is 5.48. The van der Waals surface area contributed by atoms with Crippen LogP contribution in [0.2, 0.25) is 0 Å². The summed E-state index contributed by atoms with van der Waals surface area (Å²) >= 11 is 9.36. The van der Waals surface area contributed by atoms with Crippen molar-refractivity contribution in [3.05, 3.63) is 46.6 Å². The van der Waals surface area contributed by atoms with Crippen LogP contribution in [-0.2, 0) is 6.42 Å². The van der Waals surface area contributed by atoms with Crippen molar-refractivity contribution in [3.63, 3.8) is 0 Å². The molecule has 2 aromatic heterocycles. The summed E-state index contributed by atoms with van der Waals surface area (Å²) in [4.78, 5) is 1.01. The van der Waals surface area contributed by atoms with E-state index in [0.717, 1.165) is 39.0 Å². The maximum atomic E-state index is 6.49. The van der Waals surface area contributed by atoms with E-state index < -0.39 is 0 Å². The van der Waals surface area contributed by atoms with Gasteiger partial charge < -0.3 is 0 Å². The second-order valence-corrected chi connectivity index (χ2v) is 6.72. The molecule has 0 fully saturated rings. The molecule has 0 aliphatic rings. The third-order valence-electron chi connectivity index (χ3n) is 2.99. The van der Waals surface area contributed by atoms with Crippen molar-refractivity contribution in [1.82, 2.24) is 19.8 Å². The molecule has 0 saturated heterocycles. The minimum atomic E-state index is -0.270. The maximum Gasteiger partial charge on any atom is 0.161 e. The molecular weight excluding hydrogens is 324 g/mol. The second-order valence-electron chi connectivity index (χ2n) is 4.52. The monoisotopic (exact) mass is 336 g/mol. The highest BCUT2D eigenvalue weighted by Gasteiger charge is 2.19. The van der Waals surface area contributed by atoms with Crippen LogP contribution in [0.25, 0.3) is 9.88 Å². The number of hydrogen-bond acceptors (Lipinski definition) is 6. The normalized spacial score (nSPS) is 12.5. The van der Waals surface area contributed by atoms with Gasteiger partial charge in [-0.15, -0.1) is 26.9 Å². The third kappa shape index (κ3) is 3.12. The number of aromatic nitrogens is 4. The van der Waals surface area contributed by atoms with E-state index in [1.54, 1.807) is 0 Å². The molecule has 0 aliphatic heterocycles. The quantitative estimate of drug-likeness (QED) is 0.650. The van der Waals surface area contributed by atoms with Gasteiger partial charge in [-0.05, 0) is 23.5 Å². The summed E-state index contributed by atoms with van der Waals surface area (Å²) < 4.78 is 4.03. The van der Waals surface area contributed by atoms with Gasteiger partial charge in [-0.1, -0.05) is 59.5 Å². The van der Waals surface area contributed by atoms with E-state index in [1.807, 2.05) is 30.3 Å². The summed E-state index contributed by atoms with van der Waals surface area (Å²) in [5.41, 5.74) is 2.02. The Morgan fingerprint density at radius 3 is 2.71 bits per heavy atom. The molecular formula is C14H13ClN4S2. The first-order chi connectivity index (χ1) is 10.3. The Bertz CT molecular complexity index is 711. The van der Waals surface area contributed by atoms with E-state index in [-0.39, 0.29) is 5.38 Å². The van der Waals surface area contributed by atoms with Crippen molar-refractivity contribution in [2.24, 2.45) is 0 Å². The molecule has 21 heavy (non-hydrogen) atoms. The summed E-state index contributed by atoms with van der Waals surface area (Å²) in [6.45, 7) is 2.12. The number of hydrogen-bond donors (Lipinski definition) is 0. The fourth-order valence-corrected chi connectivity index (χ4v) is 3.92. The van der Waals surface area contributed by atoms with Crippen molar-refractivity contribution < 1.29 is 0 Å². The first-order valence-electron chi connectivity index (χ1n) is 6.63. The van der Waals surface area contributed by atoms with Crippen molar-refractivity contribution in [3.8, 4) is 9.88 Å². The smallest absolute Gasteiger partial charge is 0.142 e. The Morgan fingerprint density at radius 2 is 1.95 bits per heavy atom. The van der Waals surface area contributed by atoms with Gasteiger partial charge >= 0.3 is 0 Å². The van der Waals surface area contributed by atoms with Gasteiger partial charge in [-0.25, -0.2) is 0 Å². The van der Waals surface area contributed by atoms with Crippen molar-refractivity contribution in [2.45, 2.75) is 25.1 Å². The summed E-state index contributed by atoms with van der Waals surface area (Å²) in [5, 5.41) is 14.1. The summed E-state index contributed by atoms with van der Waals surface area (Å²) in [5.74, 6) is 0. The van der Waals surface area contributed by atoms with Crippen molar-refractivity contribution >= 4 is 34.5 Å². The molecule has 0 radical (unpaired) electrons. The Hall–Kier alpha value is -1.37. The van der Waals surface area contributed by atoms with Crippen LogP contribution < -0.4 is 0 Å². The average molecular weight is 337 g/mol. The molecule has 3 aromatic rings. The molecule has 0 spiro atoms. The first-order valence-corrected chi connectivity index (χ1v) is 8.66. The van der Waals surface area contributed by atoms with Crippen LogP contribution in [0, 0.1) is 0 Å². The minimum absolute atomic E-state index is 0.270. The number of rotatable bonds is 5. The Balaban J connectivity index is 1.88. The molecule has 0 N–H and O–H groups in total. The second kappa shape index (κ2) is 6.60. The summed E-state index contributed by atoms with van der Waals surface area (Å²) in [7, 11) is 0. The fraction of sp³-hybridized carbons (Fsp3) is 0.286. The van der Waals surface area contributed by atoms with Crippen molar-refractivity contribution in [2.75, 3.05) is 0 Å². The topological polar surface area (TPSA) is 51.6 Å². The van der Waals surface area contributed by atoms with Crippen LogP contribution in [-0.4, -0.2) is 19.8 Å². The van der Waals surface area contributed by atoms with E-state index >= 15 is 0 Å². The van der Waals surface area contributed by atoms with Crippen LogP contribution in [0.1, 0.15) is 35.0 Å². The number of alkyl halides is 1. The zero-order chi connectivity index (χ0) is 14.7. The van der Waals surface area contributed by atoms with E-state index in [1.165, 1.54) is 22.9 Å². The average Bonchev–Trinajstić information content (AvgIpc) is 3.16. The molecule has 7 heteroatoms. The molecule has 108 valence electrons. The predicted octanol–water partition coefficient (Wildman–Crippen LogP) is 4.34. The zero-order valence-corrected chi connectivity index (χ0v) is 13.8. The van der Waals surface area contributed by atoms with Crippen LogP contribution in [0.4, 0.5) is 0 Å². The van der Waals surface area contributed by atoms with Crippen molar-refractivity contribution in [1.29, 1.82) is 0 Å². The molecule has 0 amide bonds. The van der Waals surface area contributed by atoms with E-state index in [0.29, 0.717) is 0 Å². The van der Waals surface area contributed by atoms with E-state index in [4.69, 9.17) is 11.6 Å². The van der Waals surface area contributed by atoms with Gasteiger partial charge in [0.1, 0.15) is 15.3 Å². The highest BCUT2D eigenvalue weighted by atomic mass is 35.5. The first kappa shape index (κ1) is 14.6. The molecule has 0 aliphatic carbocycles. The van der Waals surface area contributed by atoms with Crippen LogP contribution >= 0.6 is 34.5 Å². The Kier molecular flexibility index (Phi) is 4.57. The lowest BCUT2D eigenvalue weighted by Crippen LogP contribution is -1.91. The molecule has 4 nitrogen and oxygen atoms in total. The molecule has 2 heterocycles. The lowest BCUT2D eigenvalue weighted by Gasteiger charge is -2.04. The lowest BCUT2D eigenvalue weighted by atomic mass is 10.1. The minimum Gasteiger partial charge on any atom is -0.142 e. The maximum absolute atomic E-state index is 6.49. The molecule has 1 aromatic carbocycles. The number of halogens is 1. The highest BCUT2D eigenvalue weighted by Crippen LogP contribution is 2.36. The van der Waals surface area contributed by atoms with E-state index in [9.17, 15) is 0 Å². The Labute approximate surface area is 136 Å². The number of benzene rings is 1. The molecule has 1 unspecified atom stereocenters. The summed E-state index contributed by atoms with van der Waals surface area (Å²) in [6, 6.07) is 9.90. The zero-order valence-electron chi connectivity index (χ0n) is 11.4. The number of nitrogens with zero attached hydrogens (tertiary/aromatic N) is 4. The van der Waals surface area contributed by atoms with Crippen LogP contribution in [0.3, 0.4) is 0 Å². The number of aryl methyl sites for hydroxylation is 1. The Morgan fingerprint density at radius 1 is 1.14 bits per heavy atom. The van der Waals surface area contributed by atoms with Gasteiger partial charge in [-0.2, -0.15) is 0 Å². The predicted molar refractivity (Wildman–Crippen MR) is 86.9 cm³/mol. The molecule has 1 atom stereocenters. The van der Waals surface area contributed by atoms with Gasteiger partial charge in [0.25, 0.3) is 0 Å². The molecule has 3 rings (SSSR count). The van der Waals surface area contributed by atoms with Crippen LogP contribution in [0.5, 0.6) is 0 Å². The van der Waals surface area contributed by atoms with Crippen LogP contribution in [0.15, 0.2) is 30.3 Å². The SMILES string of the molecule is CCCc1nnsc1-c1nnc(C(Cl)c2ccccc2)s1. The molecule has 0 saturated carbocycles. The standard InChI is InChI=1S/C14H13ClN4S2/c1-2-6-10-12(21-19-16-10)14-18-17-13(20-14)11(15)9-7-4-3-5-8-9/h3-5,7-8,11H,2,6H2,1H3. The van der Waals surface area contributed by atoms with Gasteiger partial charge in [0.05, 0.1) is 5.69 Å².